The van der Waals surface area contributed by atoms with Gasteiger partial charge in [-0.2, -0.15) is 9.04 Å². The number of rotatable bonds is 6. The molecule has 42 heavy (non-hydrogen) atoms. The Kier molecular flexibility index (Phi) is 8.19. The van der Waals surface area contributed by atoms with E-state index in [-0.39, 0.29) is 42.9 Å². The molecule has 2 aromatic heterocycles. The number of benzene rings is 1. The normalized spacial score (nSPS) is 20.6. The minimum absolute atomic E-state index is 0.00550. The van der Waals surface area contributed by atoms with E-state index in [1.54, 1.807) is 28.0 Å². The van der Waals surface area contributed by atoms with Crippen LogP contribution in [0.4, 0.5) is 0 Å². The number of morpholine rings is 1. The molecule has 0 aliphatic carbocycles. The fourth-order valence-corrected chi connectivity index (χ4v) is 8.74. The van der Waals surface area contributed by atoms with Gasteiger partial charge >= 0.3 is 0 Å². The van der Waals surface area contributed by atoms with Crippen LogP contribution >= 0.6 is 22.9 Å². The van der Waals surface area contributed by atoms with Crippen LogP contribution < -0.4 is 4.84 Å². The largest absolute Gasteiger partial charge is 0.416 e. The number of amides is 2. The van der Waals surface area contributed by atoms with Gasteiger partial charge in [-0.3, -0.25) is 9.59 Å². The summed E-state index contributed by atoms with van der Waals surface area (Å²) in [7, 11) is -0.630. The molecule has 1 atom stereocenters. The molecule has 3 aliphatic heterocycles. The number of piperazine rings is 1. The van der Waals surface area contributed by atoms with Gasteiger partial charge < -0.3 is 24.3 Å². The van der Waals surface area contributed by atoms with Crippen LogP contribution in [-0.2, 0) is 32.5 Å². The molecule has 3 aliphatic rings. The van der Waals surface area contributed by atoms with Gasteiger partial charge in [0.25, 0.3) is 15.9 Å². The first-order valence-electron chi connectivity index (χ1n) is 13.8. The molecule has 1 aromatic carbocycles. The third-order valence-corrected chi connectivity index (χ3v) is 11.2. The van der Waals surface area contributed by atoms with Gasteiger partial charge in [-0.1, -0.05) is 11.6 Å². The minimum atomic E-state index is -4.07. The van der Waals surface area contributed by atoms with Crippen molar-refractivity contribution in [2.75, 3.05) is 66.6 Å². The van der Waals surface area contributed by atoms with Crippen molar-refractivity contribution >= 4 is 55.7 Å². The number of carbonyl (C=O) groups is 2. The van der Waals surface area contributed by atoms with Crippen LogP contribution in [-0.4, -0.2) is 122 Å². The summed E-state index contributed by atoms with van der Waals surface area (Å²) in [5, 5.41) is 1.43. The average molecular weight is 637 g/mol. The van der Waals surface area contributed by atoms with Gasteiger partial charge in [0, 0.05) is 73.9 Å². The molecule has 226 valence electrons. The number of carbonyl (C=O) groups excluding carboxylic acids is 2. The summed E-state index contributed by atoms with van der Waals surface area (Å²) in [6.45, 7) is 3.60. The first-order valence-corrected chi connectivity index (χ1v) is 16.5. The predicted molar refractivity (Wildman–Crippen MR) is 157 cm³/mol. The number of fused-ring (bicyclic) bond motifs is 2. The fraction of sp³-hybridized carbons (Fsp3) is 0.519. The Labute approximate surface area is 253 Å². The number of hydrogen-bond acceptors (Lipinski definition) is 9. The molecular weight excluding hydrogens is 604 g/mol. The van der Waals surface area contributed by atoms with Crippen molar-refractivity contribution in [2.24, 2.45) is 0 Å². The summed E-state index contributed by atoms with van der Waals surface area (Å²) >= 11 is 7.54. The molecule has 15 heteroatoms. The second-order valence-electron chi connectivity index (χ2n) is 10.8. The van der Waals surface area contributed by atoms with Gasteiger partial charge in [-0.25, -0.2) is 13.4 Å². The molecule has 0 radical (unpaired) electrons. The zero-order chi connectivity index (χ0) is 29.6. The highest BCUT2D eigenvalue weighted by molar-refractivity contribution is 7.89. The van der Waals surface area contributed by atoms with Crippen LogP contribution in [0.2, 0.25) is 5.02 Å². The smallest absolute Gasteiger partial charge is 0.283 e. The minimum Gasteiger partial charge on any atom is -0.416 e. The first kappa shape index (κ1) is 29.3. The quantitative estimate of drug-likeness (QED) is 0.400. The zero-order valence-electron chi connectivity index (χ0n) is 23.5. The average Bonchev–Trinajstić information content (AvgIpc) is 3.58. The lowest BCUT2D eigenvalue weighted by molar-refractivity contribution is -0.136. The predicted octanol–water partition coefficient (Wildman–Crippen LogP) is 1.56. The van der Waals surface area contributed by atoms with E-state index in [9.17, 15) is 18.0 Å². The molecule has 2 fully saturated rings. The summed E-state index contributed by atoms with van der Waals surface area (Å²) in [6.07, 6.45) is 0.772. The van der Waals surface area contributed by atoms with E-state index in [0.29, 0.717) is 47.2 Å². The Hall–Kier alpha value is -2.75. The maximum absolute atomic E-state index is 14.0. The number of halogens is 1. The second kappa shape index (κ2) is 11.7. The maximum atomic E-state index is 14.0. The van der Waals surface area contributed by atoms with Gasteiger partial charge in [0.15, 0.2) is 10.0 Å². The zero-order valence-corrected chi connectivity index (χ0v) is 25.9. The highest BCUT2D eigenvalue weighted by Gasteiger charge is 2.41. The second-order valence-corrected chi connectivity index (χ2v) is 14.2. The Morgan fingerprint density at radius 2 is 1.93 bits per heavy atom. The van der Waals surface area contributed by atoms with Crippen LogP contribution in [0, 0.1) is 0 Å². The summed E-state index contributed by atoms with van der Waals surface area (Å²) in [5.74, 6) is -0.407. The SMILES string of the molecule is COn1c(S(=O)(=O)N2CCN(C(=O)c3nc4c(s3)CN(C)CC4)C(CC(=O)N3CCOCC3)C2)cc2cc(Cl)ccc21. The van der Waals surface area contributed by atoms with E-state index in [0.717, 1.165) is 30.1 Å². The number of likely N-dealkylation sites (N-methyl/N-ethyl adjacent to an activating group) is 1. The Morgan fingerprint density at radius 3 is 2.69 bits per heavy atom. The first-order chi connectivity index (χ1) is 20.2. The number of thiazole rings is 1. The van der Waals surface area contributed by atoms with Crippen LogP contribution in [0.25, 0.3) is 10.9 Å². The van der Waals surface area contributed by atoms with Gasteiger partial charge in [-0.15, -0.1) is 11.3 Å². The van der Waals surface area contributed by atoms with Gasteiger partial charge in [0.1, 0.15) is 7.11 Å². The molecule has 6 rings (SSSR count). The molecule has 0 saturated carbocycles. The summed E-state index contributed by atoms with van der Waals surface area (Å²) in [6, 6.07) is 5.91. The summed E-state index contributed by atoms with van der Waals surface area (Å²) in [5.41, 5.74) is 1.50. The Morgan fingerprint density at radius 1 is 1.14 bits per heavy atom. The molecule has 0 spiro atoms. The Balaban J connectivity index is 1.30. The monoisotopic (exact) mass is 636 g/mol. The van der Waals surface area contributed by atoms with Crippen molar-refractivity contribution in [3.63, 3.8) is 0 Å². The molecule has 2 saturated heterocycles. The summed E-state index contributed by atoms with van der Waals surface area (Å²) in [4.78, 5) is 43.9. The lowest BCUT2D eigenvalue weighted by Crippen LogP contribution is -2.58. The highest BCUT2D eigenvalue weighted by atomic mass is 35.5. The van der Waals surface area contributed by atoms with E-state index < -0.39 is 16.1 Å². The van der Waals surface area contributed by atoms with Gasteiger partial charge in [0.2, 0.25) is 5.91 Å². The topological polar surface area (TPSA) is 118 Å². The molecular formula is C27H33ClN6O6S2. The van der Waals surface area contributed by atoms with E-state index in [2.05, 4.69) is 9.88 Å². The number of aromatic nitrogens is 2. The number of ether oxygens (including phenoxy) is 1. The van der Waals surface area contributed by atoms with Crippen molar-refractivity contribution in [3.8, 4) is 0 Å². The van der Waals surface area contributed by atoms with E-state index in [4.69, 9.17) is 21.2 Å². The van der Waals surface area contributed by atoms with Crippen LogP contribution in [0.5, 0.6) is 0 Å². The van der Waals surface area contributed by atoms with Crippen molar-refractivity contribution in [3.05, 3.63) is 44.9 Å². The maximum Gasteiger partial charge on any atom is 0.283 e. The van der Waals surface area contributed by atoms with Crippen molar-refractivity contribution in [1.29, 1.82) is 0 Å². The van der Waals surface area contributed by atoms with Crippen LogP contribution in [0.1, 0.15) is 26.8 Å². The molecule has 12 nitrogen and oxygen atoms in total. The lowest BCUT2D eigenvalue weighted by Gasteiger charge is -2.41. The van der Waals surface area contributed by atoms with Crippen molar-refractivity contribution < 1.29 is 27.6 Å². The van der Waals surface area contributed by atoms with Crippen LogP contribution in [0.15, 0.2) is 29.3 Å². The number of nitrogens with zero attached hydrogens (tertiary/aromatic N) is 6. The number of hydrogen-bond donors (Lipinski definition) is 0. The summed E-state index contributed by atoms with van der Waals surface area (Å²) < 4.78 is 36.0. The molecule has 0 N–H and O–H groups in total. The Bertz CT molecular complexity index is 1620. The molecule has 1 unspecified atom stereocenters. The highest BCUT2D eigenvalue weighted by Crippen LogP contribution is 2.31. The molecule has 2 amide bonds. The standard InChI is InChI=1S/C27H33ClN6O6S2/c1-30-6-5-21-23(17-30)41-26(29-21)27(36)33-8-7-32(16-20(33)15-24(35)31-9-11-40-12-10-31)42(37,38)25-14-18-13-19(28)3-4-22(18)34(25)39-2/h3-4,13-14,20H,5-12,15-17H2,1-2H3. The third-order valence-electron chi connectivity index (χ3n) is 8.06. The third kappa shape index (κ3) is 5.51. The fourth-order valence-electron chi connectivity index (χ4n) is 5.80. The van der Waals surface area contributed by atoms with E-state index in [1.165, 1.54) is 33.5 Å². The van der Waals surface area contributed by atoms with Crippen molar-refractivity contribution in [1.82, 2.24) is 28.7 Å². The lowest BCUT2D eigenvalue weighted by atomic mass is 10.1. The van der Waals surface area contributed by atoms with Gasteiger partial charge in [0.05, 0.1) is 30.5 Å². The van der Waals surface area contributed by atoms with Crippen molar-refractivity contribution in [2.45, 2.75) is 30.5 Å². The van der Waals surface area contributed by atoms with E-state index >= 15 is 0 Å². The number of sulfonamides is 1. The van der Waals surface area contributed by atoms with Crippen LogP contribution in [0.3, 0.4) is 0 Å². The molecule has 0 bridgehead atoms. The molecule has 5 heterocycles. The van der Waals surface area contributed by atoms with Gasteiger partial charge in [-0.05, 0) is 31.3 Å². The molecule has 3 aromatic rings. The van der Waals surface area contributed by atoms with E-state index in [1.807, 2.05) is 7.05 Å².